The summed E-state index contributed by atoms with van der Waals surface area (Å²) in [6.07, 6.45) is 8.65. The van der Waals surface area contributed by atoms with Gasteiger partial charge in [-0.25, -0.2) is 0 Å². The minimum Gasteiger partial charge on any atom is -0.492 e. The van der Waals surface area contributed by atoms with Gasteiger partial charge in [0.1, 0.15) is 12.4 Å². The van der Waals surface area contributed by atoms with E-state index in [4.69, 9.17) is 10.5 Å². The van der Waals surface area contributed by atoms with Crippen molar-refractivity contribution >= 4 is 0 Å². The molecule has 1 aromatic rings. The third-order valence-electron chi connectivity index (χ3n) is 5.44. The number of hydrogen-bond acceptors (Lipinski definition) is 3. The summed E-state index contributed by atoms with van der Waals surface area (Å²) in [7, 11) is 0. The molecule has 1 saturated carbocycles. The second kappa shape index (κ2) is 6.80. The summed E-state index contributed by atoms with van der Waals surface area (Å²) in [6.45, 7) is 4.85. The van der Waals surface area contributed by atoms with Gasteiger partial charge in [-0.15, -0.1) is 0 Å². The van der Waals surface area contributed by atoms with E-state index in [1.165, 1.54) is 51.6 Å². The van der Waals surface area contributed by atoms with Crippen LogP contribution >= 0.6 is 0 Å². The number of hydrogen-bond donors (Lipinski definition) is 1. The van der Waals surface area contributed by atoms with Gasteiger partial charge in [0.25, 0.3) is 0 Å². The van der Waals surface area contributed by atoms with Crippen molar-refractivity contribution in [1.82, 2.24) is 4.90 Å². The van der Waals surface area contributed by atoms with Crippen molar-refractivity contribution in [2.45, 2.75) is 45.1 Å². The lowest BCUT2D eigenvalue weighted by molar-refractivity contribution is 0.0960. The number of piperidine rings is 1. The standard InChI is InChI=1S/C18H28N2O/c19-15-16-5-1-2-6-17(16)21-14-13-20-11-9-18(10-12-20)7-3-4-8-18/h1-2,5-6H,3-4,7-15,19H2. The monoisotopic (exact) mass is 288 g/mol. The normalized spacial score (nSPS) is 21.8. The Morgan fingerprint density at radius 1 is 1.05 bits per heavy atom. The molecule has 0 radical (unpaired) electrons. The molecule has 1 aliphatic carbocycles. The summed E-state index contributed by atoms with van der Waals surface area (Å²) < 4.78 is 5.93. The highest BCUT2D eigenvalue weighted by atomic mass is 16.5. The van der Waals surface area contributed by atoms with E-state index >= 15 is 0 Å². The zero-order valence-electron chi connectivity index (χ0n) is 13.0. The van der Waals surface area contributed by atoms with E-state index < -0.39 is 0 Å². The van der Waals surface area contributed by atoms with Crippen LogP contribution in [-0.4, -0.2) is 31.1 Å². The summed E-state index contributed by atoms with van der Waals surface area (Å²) in [5.41, 5.74) is 7.55. The maximum atomic E-state index is 5.93. The topological polar surface area (TPSA) is 38.5 Å². The van der Waals surface area contributed by atoms with Crippen molar-refractivity contribution < 1.29 is 4.74 Å². The Kier molecular flexibility index (Phi) is 4.81. The Balaban J connectivity index is 1.42. The number of para-hydroxylation sites is 1. The van der Waals surface area contributed by atoms with Crippen molar-refractivity contribution in [2.24, 2.45) is 11.1 Å². The molecule has 0 aromatic heterocycles. The van der Waals surface area contributed by atoms with Gasteiger partial charge in [0, 0.05) is 18.7 Å². The predicted molar refractivity (Wildman–Crippen MR) is 86.4 cm³/mol. The highest BCUT2D eigenvalue weighted by Crippen LogP contribution is 2.45. The third kappa shape index (κ3) is 3.58. The van der Waals surface area contributed by atoms with Crippen molar-refractivity contribution in [1.29, 1.82) is 0 Å². The fourth-order valence-corrected chi connectivity index (χ4v) is 3.97. The molecular weight excluding hydrogens is 260 g/mol. The molecule has 21 heavy (non-hydrogen) atoms. The fourth-order valence-electron chi connectivity index (χ4n) is 3.97. The van der Waals surface area contributed by atoms with Gasteiger partial charge in [-0.1, -0.05) is 31.0 Å². The first kappa shape index (κ1) is 14.9. The molecule has 1 heterocycles. The van der Waals surface area contributed by atoms with Crippen LogP contribution in [0.3, 0.4) is 0 Å². The first-order valence-electron chi connectivity index (χ1n) is 8.44. The van der Waals surface area contributed by atoms with Crippen LogP contribution in [0.25, 0.3) is 0 Å². The van der Waals surface area contributed by atoms with Crippen molar-refractivity contribution in [3.05, 3.63) is 29.8 Å². The molecule has 116 valence electrons. The molecule has 1 saturated heterocycles. The van der Waals surface area contributed by atoms with Crippen LogP contribution in [0.5, 0.6) is 5.75 Å². The quantitative estimate of drug-likeness (QED) is 0.904. The third-order valence-corrected chi connectivity index (χ3v) is 5.44. The van der Waals surface area contributed by atoms with Crippen LogP contribution in [0.2, 0.25) is 0 Å². The predicted octanol–water partition coefficient (Wildman–Crippen LogP) is 3.18. The molecule has 0 unspecified atom stereocenters. The lowest BCUT2D eigenvalue weighted by Gasteiger charge is -2.39. The molecule has 1 aliphatic heterocycles. The van der Waals surface area contributed by atoms with E-state index in [-0.39, 0.29) is 0 Å². The van der Waals surface area contributed by atoms with Crippen LogP contribution in [0.1, 0.15) is 44.1 Å². The molecule has 0 amide bonds. The van der Waals surface area contributed by atoms with Gasteiger partial charge in [-0.05, 0) is 50.3 Å². The van der Waals surface area contributed by atoms with Gasteiger partial charge in [-0.2, -0.15) is 0 Å². The Morgan fingerprint density at radius 2 is 1.76 bits per heavy atom. The SMILES string of the molecule is NCc1ccccc1OCCN1CCC2(CCCC2)CC1. The number of nitrogens with zero attached hydrogens (tertiary/aromatic N) is 1. The average Bonchev–Trinajstić information content (AvgIpc) is 2.98. The minimum absolute atomic E-state index is 0.544. The molecule has 0 atom stereocenters. The van der Waals surface area contributed by atoms with E-state index in [0.29, 0.717) is 12.0 Å². The second-order valence-electron chi connectivity index (χ2n) is 6.71. The van der Waals surface area contributed by atoms with Crippen LogP contribution in [0.4, 0.5) is 0 Å². The zero-order valence-corrected chi connectivity index (χ0v) is 13.0. The average molecular weight is 288 g/mol. The zero-order chi connectivity index (χ0) is 14.5. The molecule has 3 heteroatoms. The maximum Gasteiger partial charge on any atom is 0.123 e. The Hall–Kier alpha value is -1.06. The van der Waals surface area contributed by atoms with Crippen molar-refractivity contribution in [2.75, 3.05) is 26.2 Å². The minimum atomic E-state index is 0.544. The molecule has 2 aliphatic rings. The van der Waals surface area contributed by atoms with E-state index in [2.05, 4.69) is 4.90 Å². The van der Waals surface area contributed by atoms with E-state index in [1.54, 1.807) is 0 Å². The highest BCUT2D eigenvalue weighted by Gasteiger charge is 2.36. The van der Waals surface area contributed by atoms with E-state index in [9.17, 15) is 0 Å². The number of nitrogens with two attached hydrogens (primary N) is 1. The van der Waals surface area contributed by atoms with Gasteiger partial charge in [-0.3, -0.25) is 4.90 Å². The number of rotatable bonds is 5. The van der Waals surface area contributed by atoms with Crippen LogP contribution < -0.4 is 10.5 Å². The smallest absolute Gasteiger partial charge is 0.123 e. The Morgan fingerprint density at radius 3 is 2.48 bits per heavy atom. The molecule has 1 spiro atoms. The fraction of sp³-hybridized carbons (Fsp3) is 0.667. The first-order chi connectivity index (χ1) is 10.3. The van der Waals surface area contributed by atoms with Crippen LogP contribution in [0, 0.1) is 5.41 Å². The summed E-state index contributed by atoms with van der Waals surface area (Å²) >= 11 is 0. The number of benzene rings is 1. The number of ether oxygens (including phenoxy) is 1. The van der Waals surface area contributed by atoms with Crippen LogP contribution in [-0.2, 0) is 6.54 Å². The van der Waals surface area contributed by atoms with E-state index in [1.807, 2.05) is 24.3 Å². The Labute approximate surface area is 128 Å². The second-order valence-corrected chi connectivity index (χ2v) is 6.71. The van der Waals surface area contributed by atoms with E-state index in [0.717, 1.165) is 24.5 Å². The van der Waals surface area contributed by atoms with Crippen molar-refractivity contribution in [3.63, 3.8) is 0 Å². The summed E-state index contributed by atoms with van der Waals surface area (Å²) in [5.74, 6) is 0.948. The van der Waals surface area contributed by atoms with Gasteiger partial charge >= 0.3 is 0 Å². The highest BCUT2D eigenvalue weighted by molar-refractivity contribution is 5.32. The van der Waals surface area contributed by atoms with Gasteiger partial charge in [0.05, 0.1) is 0 Å². The summed E-state index contributed by atoms with van der Waals surface area (Å²) in [5, 5.41) is 0. The molecular formula is C18H28N2O. The maximum absolute atomic E-state index is 5.93. The van der Waals surface area contributed by atoms with Crippen LogP contribution in [0.15, 0.2) is 24.3 Å². The molecule has 3 nitrogen and oxygen atoms in total. The molecule has 2 N–H and O–H groups in total. The summed E-state index contributed by atoms with van der Waals surface area (Å²) in [4.78, 5) is 2.56. The molecule has 2 fully saturated rings. The number of likely N-dealkylation sites (tertiary alicyclic amines) is 1. The Bertz CT molecular complexity index is 444. The van der Waals surface area contributed by atoms with Gasteiger partial charge in [0.2, 0.25) is 0 Å². The molecule has 1 aromatic carbocycles. The first-order valence-corrected chi connectivity index (χ1v) is 8.44. The lowest BCUT2D eigenvalue weighted by Crippen LogP contribution is -2.40. The van der Waals surface area contributed by atoms with Gasteiger partial charge < -0.3 is 10.5 Å². The molecule has 0 bridgehead atoms. The molecule has 3 rings (SSSR count). The summed E-state index contributed by atoms with van der Waals surface area (Å²) in [6, 6.07) is 8.09. The van der Waals surface area contributed by atoms with Gasteiger partial charge in [0.15, 0.2) is 0 Å². The van der Waals surface area contributed by atoms with Crippen molar-refractivity contribution in [3.8, 4) is 5.75 Å². The largest absolute Gasteiger partial charge is 0.492 e. The lowest BCUT2D eigenvalue weighted by atomic mass is 9.77.